The van der Waals surface area contributed by atoms with Crippen molar-refractivity contribution in [3.05, 3.63) is 11.1 Å². The Bertz CT molecular complexity index is 434. The Hall–Kier alpha value is -1.47. The second-order valence-electron chi connectivity index (χ2n) is 4.26. The molecule has 106 valence electrons. The Labute approximate surface area is 116 Å². The molecular formula is C12H19N3O3S. The molecule has 6 nitrogen and oxygen atoms in total. The van der Waals surface area contributed by atoms with Crippen LogP contribution in [0.25, 0.3) is 0 Å². The number of rotatable bonds is 7. The number of thiazole rings is 1. The summed E-state index contributed by atoms with van der Waals surface area (Å²) in [5.41, 5.74) is 0.895. The van der Waals surface area contributed by atoms with Crippen molar-refractivity contribution >= 4 is 28.3 Å². The Morgan fingerprint density at radius 1 is 1.53 bits per heavy atom. The van der Waals surface area contributed by atoms with Gasteiger partial charge in [-0.1, -0.05) is 0 Å². The lowest BCUT2D eigenvalue weighted by Crippen LogP contribution is -2.31. The molecule has 7 heteroatoms. The van der Waals surface area contributed by atoms with Crippen LogP contribution in [0.2, 0.25) is 0 Å². The number of likely N-dealkylation sites (N-methyl/N-ethyl adjacent to an activating group) is 1. The molecule has 0 aromatic carbocycles. The number of amides is 1. The van der Waals surface area contributed by atoms with Crippen LogP contribution in [-0.2, 0) is 14.3 Å². The third-order valence-corrected chi connectivity index (χ3v) is 3.30. The molecule has 0 saturated heterocycles. The van der Waals surface area contributed by atoms with Crippen molar-refractivity contribution in [2.45, 2.75) is 19.8 Å². The van der Waals surface area contributed by atoms with E-state index in [0.29, 0.717) is 24.5 Å². The highest BCUT2D eigenvalue weighted by Crippen LogP contribution is 2.14. The van der Waals surface area contributed by atoms with Crippen LogP contribution in [0.4, 0.5) is 5.13 Å². The van der Waals surface area contributed by atoms with Crippen molar-refractivity contribution in [2.24, 2.45) is 0 Å². The zero-order chi connectivity index (χ0) is 14.3. The number of aryl methyl sites for hydroxylation is 1. The highest BCUT2D eigenvalue weighted by atomic mass is 32.1. The van der Waals surface area contributed by atoms with Crippen molar-refractivity contribution in [1.82, 2.24) is 9.88 Å². The third kappa shape index (κ3) is 6.30. The number of ether oxygens (including phenoxy) is 1. The van der Waals surface area contributed by atoms with E-state index in [-0.39, 0.29) is 18.4 Å². The standard InChI is InChI=1S/C12H19N3O3S/c1-9-8-19-12(13-9)14-10(16)7-15(2)6-4-5-11(17)18-3/h8H,4-7H2,1-3H3,(H,13,14,16). The van der Waals surface area contributed by atoms with Crippen LogP contribution in [0.3, 0.4) is 0 Å². The molecule has 0 aliphatic rings. The summed E-state index contributed by atoms with van der Waals surface area (Å²) in [7, 11) is 3.21. The fourth-order valence-electron chi connectivity index (χ4n) is 1.49. The van der Waals surface area contributed by atoms with Crippen LogP contribution < -0.4 is 5.32 Å². The fraction of sp³-hybridized carbons (Fsp3) is 0.583. The van der Waals surface area contributed by atoms with Gasteiger partial charge in [0.15, 0.2) is 5.13 Å². The number of aromatic nitrogens is 1. The molecule has 0 spiro atoms. The second-order valence-corrected chi connectivity index (χ2v) is 5.12. The first-order valence-electron chi connectivity index (χ1n) is 5.98. The maximum Gasteiger partial charge on any atom is 0.305 e. The maximum atomic E-state index is 11.7. The average Bonchev–Trinajstić information content (AvgIpc) is 2.74. The van der Waals surface area contributed by atoms with E-state index in [1.54, 1.807) is 0 Å². The molecule has 1 N–H and O–H groups in total. The maximum absolute atomic E-state index is 11.7. The number of carbonyl (C=O) groups excluding carboxylic acids is 2. The van der Waals surface area contributed by atoms with Crippen LogP contribution in [0.15, 0.2) is 5.38 Å². The molecule has 0 radical (unpaired) electrons. The van der Waals surface area contributed by atoms with E-state index in [1.807, 2.05) is 24.3 Å². The molecule has 0 fully saturated rings. The van der Waals surface area contributed by atoms with Crippen molar-refractivity contribution in [1.29, 1.82) is 0 Å². The highest BCUT2D eigenvalue weighted by Gasteiger charge is 2.09. The summed E-state index contributed by atoms with van der Waals surface area (Å²) in [4.78, 5) is 28.7. The molecule has 0 saturated carbocycles. The lowest BCUT2D eigenvalue weighted by atomic mass is 10.3. The Balaban J connectivity index is 2.22. The largest absolute Gasteiger partial charge is 0.469 e. The minimum atomic E-state index is -0.226. The molecule has 1 aromatic heterocycles. The summed E-state index contributed by atoms with van der Waals surface area (Å²) in [6.07, 6.45) is 1.04. The van der Waals surface area contributed by atoms with Gasteiger partial charge >= 0.3 is 5.97 Å². The van der Waals surface area contributed by atoms with E-state index in [9.17, 15) is 9.59 Å². The molecule has 0 aliphatic carbocycles. The van der Waals surface area contributed by atoms with E-state index in [4.69, 9.17) is 0 Å². The highest BCUT2D eigenvalue weighted by molar-refractivity contribution is 7.13. The van der Waals surface area contributed by atoms with Crippen molar-refractivity contribution in [2.75, 3.05) is 32.6 Å². The quantitative estimate of drug-likeness (QED) is 0.764. The van der Waals surface area contributed by atoms with Gasteiger partial charge in [0, 0.05) is 11.8 Å². The van der Waals surface area contributed by atoms with Gasteiger partial charge in [0.05, 0.1) is 19.3 Å². The van der Waals surface area contributed by atoms with Gasteiger partial charge < -0.3 is 10.1 Å². The summed E-state index contributed by atoms with van der Waals surface area (Å²) in [6.45, 7) is 2.82. The number of methoxy groups -OCH3 is 1. The van der Waals surface area contributed by atoms with E-state index in [0.717, 1.165) is 5.69 Å². The number of carbonyl (C=O) groups is 2. The summed E-state index contributed by atoms with van der Waals surface area (Å²) in [5.74, 6) is -0.328. The van der Waals surface area contributed by atoms with E-state index in [2.05, 4.69) is 15.0 Å². The van der Waals surface area contributed by atoms with E-state index < -0.39 is 0 Å². The molecule has 19 heavy (non-hydrogen) atoms. The molecular weight excluding hydrogens is 266 g/mol. The van der Waals surface area contributed by atoms with Crippen LogP contribution in [-0.4, -0.2) is 49.0 Å². The van der Waals surface area contributed by atoms with Gasteiger partial charge in [-0.2, -0.15) is 0 Å². The SMILES string of the molecule is COC(=O)CCCN(C)CC(=O)Nc1nc(C)cs1. The molecule has 0 unspecified atom stereocenters. The van der Waals surface area contributed by atoms with Gasteiger partial charge in [0.25, 0.3) is 0 Å². The average molecular weight is 285 g/mol. The number of nitrogens with zero attached hydrogens (tertiary/aromatic N) is 2. The van der Waals surface area contributed by atoms with Crippen molar-refractivity contribution in [3.8, 4) is 0 Å². The smallest absolute Gasteiger partial charge is 0.305 e. The number of hydrogen-bond acceptors (Lipinski definition) is 6. The summed E-state index contributed by atoms with van der Waals surface area (Å²) >= 11 is 1.41. The number of hydrogen-bond donors (Lipinski definition) is 1. The molecule has 0 atom stereocenters. The predicted octanol–water partition coefficient (Wildman–Crippen LogP) is 1.28. The zero-order valence-electron chi connectivity index (χ0n) is 11.4. The number of nitrogens with one attached hydrogen (secondary N) is 1. The second kappa shape index (κ2) is 7.85. The molecule has 1 aromatic rings. The van der Waals surface area contributed by atoms with Crippen LogP contribution in [0.5, 0.6) is 0 Å². The molecule has 0 aliphatic heterocycles. The Morgan fingerprint density at radius 3 is 2.84 bits per heavy atom. The summed E-state index contributed by atoms with van der Waals surface area (Å²) in [5, 5.41) is 5.24. The van der Waals surface area contributed by atoms with Gasteiger partial charge in [-0.3, -0.25) is 14.5 Å². The van der Waals surface area contributed by atoms with Gasteiger partial charge in [0.1, 0.15) is 0 Å². The Kier molecular flexibility index (Phi) is 6.44. The lowest BCUT2D eigenvalue weighted by molar-refractivity contribution is -0.140. The van der Waals surface area contributed by atoms with E-state index >= 15 is 0 Å². The number of esters is 1. The fourth-order valence-corrected chi connectivity index (χ4v) is 2.19. The molecule has 1 amide bonds. The topological polar surface area (TPSA) is 71.5 Å². The molecule has 0 bridgehead atoms. The van der Waals surface area contributed by atoms with Crippen LogP contribution in [0, 0.1) is 6.92 Å². The minimum Gasteiger partial charge on any atom is -0.469 e. The number of anilines is 1. The first kappa shape index (κ1) is 15.6. The van der Waals surface area contributed by atoms with Crippen LogP contribution in [0.1, 0.15) is 18.5 Å². The summed E-state index contributed by atoms with van der Waals surface area (Å²) in [6, 6.07) is 0. The molecule has 1 heterocycles. The van der Waals surface area contributed by atoms with Crippen molar-refractivity contribution < 1.29 is 14.3 Å². The first-order chi connectivity index (χ1) is 9.01. The monoisotopic (exact) mass is 285 g/mol. The Morgan fingerprint density at radius 2 is 2.26 bits per heavy atom. The van der Waals surface area contributed by atoms with E-state index in [1.165, 1.54) is 18.4 Å². The van der Waals surface area contributed by atoms with Gasteiger partial charge in [0.2, 0.25) is 5.91 Å². The minimum absolute atomic E-state index is 0.102. The van der Waals surface area contributed by atoms with Crippen LogP contribution >= 0.6 is 11.3 Å². The first-order valence-corrected chi connectivity index (χ1v) is 6.86. The van der Waals surface area contributed by atoms with Crippen molar-refractivity contribution in [3.63, 3.8) is 0 Å². The predicted molar refractivity (Wildman–Crippen MR) is 74.2 cm³/mol. The normalized spacial score (nSPS) is 10.5. The third-order valence-electron chi connectivity index (χ3n) is 2.43. The lowest BCUT2D eigenvalue weighted by Gasteiger charge is -2.15. The zero-order valence-corrected chi connectivity index (χ0v) is 12.2. The summed E-state index contributed by atoms with van der Waals surface area (Å²) < 4.78 is 4.55. The van der Waals surface area contributed by atoms with Gasteiger partial charge in [-0.05, 0) is 26.9 Å². The van der Waals surface area contributed by atoms with Gasteiger partial charge in [-0.25, -0.2) is 4.98 Å². The molecule has 1 rings (SSSR count). The van der Waals surface area contributed by atoms with Gasteiger partial charge in [-0.15, -0.1) is 11.3 Å².